The summed E-state index contributed by atoms with van der Waals surface area (Å²) in [6.07, 6.45) is 0. The molecule has 0 amide bonds. The van der Waals surface area contributed by atoms with Gasteiger partial charge in [-0.05, 0) is 10.8 Å². The van der Waals surface area contributed by atoms with E-state index < -0.39 is 0 Å². The van der Waals surface area contributed by atoms with Crippen molar-refractivity contribution in [2.75, 3.05) is 5.43 Å². The van der Waals surface area contributed by atoms with Crippen LogP contribution in [-0.4, -0.2) is 20.6 Å². The zero-order chi connectivity index (χ0) is 9.64. The molecular weight excluding hydrogens is 180 g/mol. The highest BCUT2D eigenvalue weighted by Gasteiger charge is 1.94. The van der Waals surface area contributed by atoms with Gasteiger partial charge in [-0.15, -0.1) is 5.10 Å². The molecule has 0 aliphatic rings. The van der Waals surface area contributed by atoms with Gasteiger partial charge in [0.25, 0.3) is 5.95 Å². The first-order chi connectivity index (χ1) is 6.95. The number of H-pyrrole nitrogens is 1. The third-order valence-electron chi connectivity index (χ3n) is 1.68. The highest BCUT2D eigenvalue weighted by Crippen LogP contribution is 1.97. The van der Waals surface area contributed by atoms with Crippen LogP contribution in [0.3, 0.4) is 0 Å². The Balaban J connectivity index is 1.79. The topological polar surface area (TPSA) is 78.5 Å². The van der Waals surface area contributed by atoms with Crippen LogP contribution in [0.4, 0.5) is 5.95 Å². The van der Waals surface area contributed by atoms with E-state index in [9.17, 15) is 0 Å². The first-order valence-corrected chi connectivity index (χ1v) is 4.21. The first-order valence-electron chi connectivity index (χ1n) is 4.21. The van der Waals surface area contributed by atoms with Gasteiger partial charge >= 0.3 is 0 Å². The lowest BCUT2D eigenvalue weighted by Gasteiger charge is -2.03. The zero-order valence-electron chi connectivity index (χ0n) is 7.44. The van der Waals surface area contributed by atoms with E-state index in [0.29, 0.717) is 12.5 Å². The fourth-order valence-electron chi connectivity index (χ4n) is 1.04. The minimum Gasteiger partial charge on any atom is -0.287 e. The van der Waals surface area contributed by atoms with Crippen LogP contribution in [0.5, 0.6) is 0 Å². The summed E-state index contributed by atoms with van der Waals surface area (Å²) in [6.45, 7) is 0.704. The van der Waals surface area contributed by atoms with E-state index in [1.807, 2.05) is 30.3 Å². The Kier molecular flexibility index (Phi) is 2.67. The van der Waals surface area contributed by atoms with Crippen LogP contribution < -0.4 is 10.9 Å². The van der Waals surface area contributed by atoms with Crippen molar-refractivity contribution >= 4 is 5.95 Å². The standard InChI is InChI=1S/C8H10N6/c1-2-4-7(5-3-1)6-9-10-8-11-13-14-12-8/h1-5,9H,6H2,(H2,10,11,12,13,14). The van der Waals surface area contributed by atoms with Crippen LogP contribution in [0, 0.1) is 0 Å². The number of nitrogens with zero attached hydrogens (tertiary/aromatic N) is 3. The Morgan fingerprint density at radius 2 is 2.07 bits per heavy atom. The van der Waals surface area contributed by atoms with E-state index in [1.54, 1.807) is 0 Å². The Bertz CT molecular complexity index is 357. The number of hydrogen-bond acceptors (Lipinski definition) is 5. The molecule has 0 radical (unpaired) electrons. The maximum atomic E-state index is 3.73. The van der Waals surface area contributed by atoms with Gasteiger partial charge in [0.1, 0.15) is 0 Å². The Morgan fingerprint density at radius 3 is 2.79 bits per heavy atom. The molecule has 6 heteroatoms. The largest absolute Gasteiger partial charge is 0.287 e. The summed E-state index contributed by atoms with van der Waals surface area (Å²) in [7, 11) is 0. The van der Waals surface area contributed by atoms with Crippen LogP contribution in [-0.2, 0) is 6.54 Å². The smallest absolute Gasteiger partial charge is 0.277 e. The zero-order valence-corrected chi connectivity index (χ0v) is 7.44. The van der Waals surface area contributed by atoms with Crippen molar-refractivity contribution < 1.29 is 0 Å². The van der Waals surface area contributed by atoms with Crippen molar-refractivity contribution in [3.8, 4) is 0 Å². The van der Waals surface area contributed by atoms with Gasteiger partial charge in [-0.1, -0.05) is 35.4 Å². The molecule has 1 heterocycles. The van der Waals surface area contributed by atoms with Crippen molar-refractivity contribution in [1.82, 2.24) is 26.0 Å². The van der Waals surface area contributed by atoms with Gasteiger partial charge < -0.3 is 0 Å². The minimum absolute atomic E-state index is 0.431. The molecule has 0 aliphatic carbocycles. The maximum Gasteiger partial charge on any atom is 0.277 e. The number of aromatic amines is 1. The maximum absolute atomic E-state index is 3.73. The predicted molar refractivity (Wildman–Crippen MR) is 51.1 cm³/mol. The quantitative estimate of drug-likeness (QED) is 0.605. The fourth-order valence-corrected chi connectivity index (χ4v) is 1.04. The second-order valence-corrected chi connectivity index (χ2v) is 2.70. The molecule has 14 heavy (non-hydrogen) atoms. The Hall–Kier alpha value is -1.95. The SMILES string of the molecule is c1ccc(CNNc2nn[nH]n2)cc1. The molecule has 2 aromatic rings. The monoisotopic (exact) mass is 190 g/mol. The predicted octanol–water partition coefficient (Wildman–Crippen LogP) is 0.316. The van der Waals surface area contributed by atoms with Crippen molar-refractivity contribution in [2.45, 2.75) is 6.54 Å². The molecule has 6 nitrogen and oxygen atoms in total. The summed E-state index contributed by atoms with van der Waals surface area (Å²) in [5.74, 6) is 0.431. The molecule has 0 unspecified atom stereocenters. The molecule has 0 fully saturated rings. The molecule has 2 rings (SSSR count). The summed E-state index contributed by atoms with van der Waals surface area (Å²) < 4.78 is 0. The van der Waals surface area contributed by atoms with Crippen molar-refractivity contribution in [1.29, 1.82) is 0 Å². The van der Waals surface area contributed by atoms with E-state index in [4.69, 9.17) is 0 Å². The molecule has 0 saturated heterocycles. The molecular formula is C8H10N6. The molecule has 0 bridgehead atoms. The summed E-state index contributed by atoms with van der Waals surface area (Å²) in [6, 6.07) is 10.0. The van der Waals surface area contributed by atoms with Crippen molar-refractivity contribution in [3.63, 3.8) is 0 Å². The van der Waals surface area contributed by atoms with Gasteiger partial charge in [-0.25, -0.2) is 5.43 Å². The molecule has 0 aliphatic heterocycles. The molecule has 0 saturated carbocycles. The molecule has 3 N–H and O–H groups in total. The minimum atomic E-state index is 0.431. The average Bonchev–Trinajstić information content (AvgIpc) is 2.72. The van der Waals surface area contributed by atoms with Crippen LogP contribution in [0.1, 0.15) is 5.56 Å². The summed E-state index contributed by atoms with van der Waals surface area (Å²) >= 11 is 0. The fraction of sp³-hybridized carbons (Fsp3) is 0.125. The highest BCUT2D eigenvalue weighted by atomic mass is 15.6. The number of anilines is 1. The number of rotatable bonds is 4. The summed E-state index contributed by atoms with van der Waals surface area (Å²) in [4.78, 5) is 0. The number of hydrazine groups is 1. The highest BCUT2D eigenvalue weighted by molar-refractivity contribution is 5.18. The van der Waals surface area contributed by atoms with Crippen LogP contribution >= 0.6 is 0 Å². The summed E-state index contributed by atoms with van der Waals surface area (Å²) in [5.41, 5.74) is 6.96. The molecule has 0 atom stereocenters. The van der Waals surface area contributed by atoms with Gasteiger partial charge in [0.15, 0.2) is 0 Å². The number of nitrogens with one attached hydrogen (secondary N) is 3. The lowest BCUT2D eigenvalue weighted by Crippen LogP contribution is -2.21. The van der Waals surface area contributed by atoms with Gasteiger partial charge in [0, 0.05) is 6.54 Å². The molecule has 0 spiro atoms. The van der Waals surface area contributed by atoms with Gasteiger partial charge in [-0.3, -0.25) is 5.43 Å². The van der Waals surface area contributed by atoms with Crippen LogP contribution in [0.25, 0.3) is 0 Å². The second kappa shape index (κ2) is 4.33. The van der Waals surface area contributed by atoms with E-state index >= 15 is 0 Å². The number of benzene rings is 1. The normalized spacial score (nSPS) is 10.0. The van der Waals surface area contributed by atoms with E-state index in [0.717, 1.165) is 0 Å². The number of tetrazole rings is 1. The van der Waals surface area contributed by atoms with E-state index in [-0.39, 0.29) is 0 Å². The third-order valence-corrected chi connectivity index (χ3v) is 1.68. The van der Waals surface area contributed by atoms with Crippen molar-refractivity contribution in [3.05, 3.63) is 35.9 Å². The van der Waals surface area contributed by atoms with Gasteiger partial charge in [0.2, 0.25) is 0 Å². The number of hydrogen-bond donors (Lipinski definition) is 3. The molecule has 1 aromatic carbocycles. The van der Waals surface area contributed by atoms with Gasteiger partial charge in [0.05, 0.1) is 0 Å². The second-order valence-electron chi connectivity index (χ2n) is 2.70. The lowest BCUT2D eigenvalue weighted by atomic mass is 10.2. The summed E-state index contributed by atoms with van der Waals surface area (Å²) in [5, 5.41) is 13.2. The van der Waals surface area contributed by atoms with Crippen LogP contribution in [0.15, 0.2) is 30.3 Å². The van der Waals surface area contributed by atoms with Crippen LogP contribution in [0.2, 0.25) is 0 Å². The van der Waals surface area contributed by atoms with E-state index in [1.165, 1.54) is 5.56 Å². The molecule has 1 aromatic heterocycles. The number of aromatic nitrogens is 4. The Labute approximate surface area is 80.7 Å². The first kappa shape index (κ1) is 8.64. The Morgan fingerprint density at radius 1 is 1.21 bits per heavy atom. The van der Waals surface area contributed by atoms with E-state index in [2.05, 4.69) is 31.5 Å². The molecule has 72 valence electrons. The van der Waals surface area contributed by atoms with Crippen molar-refractivity contribution in [2.24, 2.45) is 0 Å². The van der Waals surface area contributed by atoms with Gasteiger partial charge in [-0.2, -0.15) is 5.21 Å². The third kappa shape index (κ3) is 2.27. The average molecular weight is 190 g/mol. The lowest BCUT2D eigenvalue weighted by molar-refractivity contribution is 0.786.